The maximum atomic E-state index is 14.0. The van der Waals surface area contributed by atoms with Crippen LogP contribution in [0.25, 0.3) is 16.9 Å². The molecule has 0 bridgehead atoms. The minimum Gasteiger partial charge on any atom is -0.457 e. The van der Waals surface area contributed by atoms with Crippen LogP contribution in [0.1, 0.15) is 26.3 Å². The van der Waals surface area contributed by atoms with E-state index < -0.39 is 5.54 Å². The number of aromatic nitrogens is 4. The zero-order valence-electron chi connectivity index (χ0n) is 24.9. The summed E-state index contributed by atoms with van der Waals surface area (Å²) in [5, 5.41) is 9.93. The van der Waals surface area contributed by atoms with Gasteiger partial charge in [-0.25, -0.2) is 14.8 Å². The van der Waals surface area contributed by atoms with Crippen molar-refractivity contribution in [3.05, 3.63) is 83.1 Å². The van der Waals surface area contributed by atoms with Crippen LogP contribution in [0.15, 0.2) is 77.4 Å². The monoisotopic (exact) mass is 594 g/mol. The number of fused-ring (bicyclic) bond motifs is 1. The topological polar surface area (TPSA) is 145 Å². The van der Waals surface area contributed by atoms with E-state index in [1.165, 1.54) is 10.9 Å². The molecule has 1 atom stereocenters. The lowest BCUT2D eigenvalue weighted by Crippen LogP contribution is -2.55. The predicted octanol–water partition coefficient (Wildman–Crippen LogP) is 3.29. The van der Waals surface area contributed by atoms with Crippen LogP contribution in [0.2, 0.25) is 0 Å². The van der Waals surface area contributed by atoms with E-state index in [1.807, 2.05) is 51.2 Å². The molecular formula is C32H34N8O4. The number of nitrogens with two attached hydrogens (primary N) is 1. The summed E-state index contributed by atoms with van der Waals surface area (Å²) in [6.07, 6.45) is 3.56. The SMILES string of the molecule is CN(C1COC1)C(C)(C)C=C(C#N)C(=O)N1CC[C@H](n2c(=O)n(-c3ccc(Oc4ccccc4)cc3)c3c(N)ncnc32)C1. The summed E-state index contributed by atoms with van der Waals surface area (Å²) in [5.74, 6) is 1.12. The number of ether oxygens (including phenoxy) is 2. The second-order valence-electron chi connectivity index (χ2n) is 11.6. The standard InChI is InChI=1S/C32H34N8O4/c1-32(2,37(3)24-18-43-19-24)15-21(16-33)30(41)38-14-13-23(17-38)40-29-27(28(34)35-20-36-29)39(31(40)42)22-9-11-26(12-10-22)44-25-7-5-4-6-8-25/h4-12,15,20,23-24H,13-14,17-19H2,1-3H3,(H2,34,35,36)/t23-/m0/s1. The highest BCUT2D eigenvalue weighted by molar-refractivity contribution is 5.97. The number of hydrogen-bond donors (Lipinski definition) is 1. The van der Waals surface area contributed by atoms with Gasteiger partial charge in [-0.05, 0) is 69.8 Å². The number of nitrogen functional groups attached to an aromatic ring is 1. The molecule has 2 aliphatic heterocycles. The van der Waals surface area contributed by atoms with Gasteiger partial charge >= 0.3 is 5.69 Å². The molecule has 44 heavy (non-hydrogen) atoms. The Morgan fingerprint density at radius 1 is 1.14 bits per heavy atom. The number of benzene rings is 2. The quantitative estimate of drug-likeness (QED) is 0.240. The van der Waals surface area contributed by atoms with Crippen molar-refractivity contribution < 1.29 is 14.3 Å². The maximum absolute atomic E-state index is 14.0. The van der Waals surface area contributed by atoms with Gasteiger partial charge < -0.3 is 20.1 Å². The number of anilines is 1. The summed E-state index contributed by atoms with van der Waals surface area (Å²) in [6, 6.07) is 18.5. The zero-order chi connectivity index (χ0) is 31.0. The Morgan fingerprint density at radius 3 is 2.50 bits per heavy atom. The predicted molar refractivity (Wildman–Crippen MR) is 164 cm³/mol. The fourth-order valence-corrected chi connectivity index (χ4v) is 5.75. The van der Waals surface area contributed by atoms with Crippen molar-refractivity contribution >= 4 is 22.9 Å². The van der Waals surface area contributed by atoms with Crippen molar-refractivity contribution in [3.8, 4) is 23.3 Å². The summed E-state index contributed by atoms with van der Waals surface area (Å²) in [6.45, 7) is 5.83. The largest absolute Gasteiger partial charge is 0.457 e. The molecule has 0 radical (unpaired) electrons. The molecule has 2 aromatic heterocycles. The first-order valence-corrected chi connectivity index (χ1v) is 14.5. The number of para-hydroxylation sites is 1. The second-order valence-corrected chi connectivity index (χ2v) is 11.6. The third kappa shape index (κ3) is 5.32. The van der Waals surface area contributed by atoms with Crippen molar-refractivity contribution in [2.75, 3.05) is 39.1 Å². The van der Waals surface area contributed by atoms with Gasteiger partial charge in [0.25, 0.3) is 5.91 Å². The van der Waals surface area contributed by atoms with Gasteiger partial charge in [0, 0.05) is 18.6 Å². The molecule has 12 nitrogen and oxygen atoms in total. The van der Waals surface area contributed by atoms with E-state index in [2.05, 4.69) is 20.9 Å². The van der Waals surface area contributed by atoms with Gasteiger partial charge in [-0.3, -0.25) is 18.8 Å². The van der Waals surface area contributed by atoms with E-state index in [4.69, 9.17) is 15.2 Å². The summed E-state index contributed by atoms with van der Waals surface area (Å²) in [7, 11) is 1.97. The zero-order valence-corrected chi connectivity index (χ0v) is 24.9. The van der Waals surface area contributed by atoms with Gasteiger partial charge in [-0.1, -0.05) is 18.2 Å². The number of rotatable bonds is 8. The molecule has 0 spiro atoms. The Labute approximate surface area is 254 Å². The molecule has 12 heteroatoms. The second kappa shape index (κ2) is 11.6. The minimum atomic E-state index is -0.533. The molecule has 2 saturated heterocycles. The van der Waals surface area contributed by atoms with Crippen molar-refractivity contribution in [1.29, 1.82) is 5.26 Å². The first-order valence-electron chi connectivity index (χ1n) is 14.5. The molecule has 4 aromatic rings. The number of amides is 1. The average Bonchev–Trinajstić information content (AvgIpc) is 3.58. The van der Waals surface area contributed by atoms with Crippen LogP contribution in [0.4, 0.5) is 5.82 Å². The molecule has 4 heterocycles. The Kier molecular flexibility index (Phi) is 7.67. The molecule has 0 unspecified atom stereocenters. The smallest absolute Gasteiger partial charge is 0.335 e. The van der Waals surface area contributed by atoms with E-state index >= 15 is 0 Å². The lowest BCUT2D eigenvalue weighted by atomic mass is 9.96. The normalized spacial score (nSPS) is 17.6. The van der Waals surface area contributed by atoms with Crippen LogP contribution in [-0.4, -0.2) is 79.7 Å². The van der Waals surface area contributed by atoms with Crippen molar-refractivity contribution in [2.45, 2.75) is 37.9 Å². The number of likely N-dealkylation sites (tertiary alicyclic amines) is 1. The summed E-state index contributed by atoms with van der Waals surface area (Å²) in [4.78, 5) is 39.9. The number of imidazole rings is 1. The Hall–Kier alpha value is -4.99. The highest BCUT2D eigenvalue weighted by Crippen LogP contribution is 2.30. The highest BCUT2D eigenvalue weighted by atomic mass is 16.5. The van der Waals surface area contributed by atoms with Gasteiger partial charge in [0.1, 0.15) is 35.0 Å². The fraction of sp³-hybridized carbons (Fsp3) is 0.344. The first-order chi connectivity index (χ1) is 21.2. The summed E-state index contributed by atoms with van der Waals surface area (Å²) in [5.41, 5.74) is 6.83. The molecule has 2 fully saturated rings. The summed E-state index contributed by atoms with van der Waals surface area (Å²) >= 11 is 0. The van der Waals surface area contributed by atoms with Gasteiger partial charge in [0.05, 0.1) is 31.0 Å². The van der Waals surface area contributed by atoms with E-state index in [-0.39, 0.29) is 41.6 Å². The first kappa shape index (κ1) is 29.1. The van der Waals surface area contributed by atoms with E-state index in [0.29, 0.717) is 54.5 Å². The van der Waals surface area contributed by atoms with Crippen molar-refractivity contribution in [2.24, 2.45) is 0 Å². The van der Waals surface area contributed by atoms with Crippen molar-refractivity contribution in [3.63, 3.8) is 0 Å². The molecule has 0 saturated carbocycles. The van der Waals surface area contributed by atoms with E-state index in [0.717, 1.165) is 0 Å². The van der Waals surface area contributed by atoms with E-state index in [1.54, 1.807) is 39.8 Å². The lowest BCUT2D eigenvalue weighted by Gasteiger charge is -2.43. The number of likely N-dealkylation sites (N-methyl/N-ethyl adjacent to an activating group) is 1. The molecule has 226 valence electrons. The number of carbonyl (C=O) groups is 1. The average molecular weight is 595 g/mol. The Balaban J connectivity index is 1.28. The Bertz CT molecular complexity index is 1820. The molecule has 2 N–H and O–H groups in total. The number of nitrogens with zero attached hydrogens (tertiary/aromatic N) is 7. The fourth-order valence-electron chi connectivity index (χ4n) is 5.75. The van der Waals surface area contributed by atoms with Gasteiger partial charge in [-0.15, -0.1) is 0 Å². The molecule has 2 aromatic carbocycles. The van der Waals surface area contributed by atoms with Crippen LogP contribution >= 0.6 is 0 Å². The molecule has 2 aliphatic rings. The molecule has 0 aliphatic carbocycles. The molecule has 6 rings (SSSR count). The third-order valence-corrected chi connectivity index (χ3v) is 8.50. The van der Waals surface area contributed by atoms with Crippen LogP contribution in [0, 0.1) is 11.3 Å². The highest BCUT2D eigenvalue weighted by Gasteiger charge is 2.36. The summed E-state index contributed by atoms with van der Waals surface area (Å²) < 4.78 is 14.3. The van der Waals surface area contributed by atoms with Crippen molar-refractivity contribution in [1.82, 2.24) is 28.9 Å². The lowest BCUT2D eigenvalue weighted by molar-refractivity contribution is -0.125. The van der Waals surface area contributed by atoms with Crippen LogP contribution < -0.4 is 16.2 Å². The van der Waals surface area contributed by atoms with E-state index in [9.17, 15) is 14.9 Å². The van der Waals surface area contributed by atoms with Crippen LogP contribution in [-0.2, 0) is 9.53 Å². The maximum Gasteiger partial charge on any atom is 0.335 e. The van der Waals surface area contributed by atoms with Crippen LogP contribution in [0.5, 0.6) is 11.5 Å². The van der Waals surface area contributed by atoms with Gasteiger partial charge in [0.2, 0.25) is 0 Å². The van der Waals surface area contributed by atoms with Crippen LogP contribution in [0.3, 0.4) is 0 Å². The number of hydrogen-bond acceptors (Lipinski definition) is 9. The molecule has 1 amide bonds. The van der Waals surface area contributed by atoms with Gasteiger partial charge in [0.15, 0.2) is 11.5 Å². The third-order valence-electron chi connectivity index (χ3n) is 8.50. The molecular weight excluding hydrogens is 560 g/mol. The number of carbonyl (C=O) groups excluding carboxylic acids is 1. The van der Waals surface area contributed by atoms with Gasteiger partial charge in [-0.2, -0.15) is 5.26 Å². The number of nitriles is 1. The Morgan fingerprint density at radius 2 is 1.84 bits per heavy atom. The minimum absolute atomic E-state index is 0.0712.